The molecular weight excluding hydrogens is 373 g/mol. The minimum atomic E-state index is -0.176. The average molecular weight is 390 g/mol. The fourth-order valence-electron chi connectivity index (χ4n) is 2.38. The van der Waals surface area contributed by atoms with Crippen molar-refractivity contribution < 1.29 is 9.53 Å². The zero-order valence-electron chi connectivity index (χ0n) is 14.1. The number of aryl methyl sites for hydroxylation is 1. The molecule has 0 saturated heterocycles. The van der Waals surface area contributed by atoms with Crippen molar-refractivity contribution in [2.24, 2.45) is 7.05 Å². The van der Waals surface area contributed by atoms with E-state index in [0.717, 1.165) is 11.3 Å². The Morgan fingerprint density at radius 2 is 1.96 bits per heavy atom. The molecule has 0 saturated carbocycles. The van der Waals surface area contributed by atoms with Gasteiger partial charge >= 0.3 is 0 Å². The zero-order chi connectivity index (χ0) is 18.5. The topological polar surface area (TPSA) is 56.2 Å². The number of halogens is 2. The lowest BCUT2D eigenvalue weighted by molar-refractivity contribution is 0.0950. The van der Waals surface area contributed by atoms with Gasteiger partial charge in [-0.05, 0) is 35.9 Å². The summed E-state index contributed by atoms with van der Waals surface area (Å²) in [6.07, 6.45) is 1.55. The Balaban J connectivity index is 1.56. The molecule has 0 unspecified atom stereocenters. The normalized spacial score (nSPS) is 10.6. The van der Waals surface area contributed by atoms with Crippen LogP contribution < -0.4 is 10.1 Å². The van der Waals surface area contributed by atoms with Gasteiger partial charge in [-0.1, -0.05) is 41.4 Å². The molecule has 0 aliphatic heterocycles. The van der Waals surface area contributed by atoms with Crippen molar-refractivity contribution in [3.63, 3.8) is 0 Å². The van der Waals surface area contributed by atoms with E-state index in [1.165, 1.54) is 0 Å². The standard InChI is InChI=1S/C19H17Cl2N3O2/c1-24-18(17(21)10-23-24)11-22-19(25)14-7-5-13(6-8-14)12-26-16-4-2-3-15(20)9-16/h2-10H,11-12H2,1H3,(H,22,25). The molecule has 1 heterocycles. The van der Waals surface area contributed by atoms with Crippen LogP contribution in [-0.2, 0) is 20.2 Å². The molecule has 5 nitrogen and oxygen atoms in total. The van der Waals surface area contributed by atoms with Gasteiger partial charge in [0, 0.05) is 17.6 Å². The van der Waals surface area contributed by atoms with Crippen LogP contribution in [0.2, 0.25) is 10.0 Å². The first kappa shape index (κ1) is 18.3. The van der Waals surface area contributed by atoms with Crippen LogP contribution in [0.4, 0.5) is 0 Å². The van der Waals surface area contributed by atoms with E-state index in [-0.39, 0.29) is 5.91 Å². The Morgan fingerprint density at radius 3 is 2.62 bits per heavy atom. The number of nitrogens with one attached hydrogen (secondary N) is 1. The van der Waals surface area contributed by atoms with Gasteiger partial charge in [0.25, 0.3) is 5.91 Å². The molecule has 1 aromatic heterocycles. The van der Waals surface area contributed by atoms with Crippen LogP contribution in [0, 0.1) is 0 Å². The third kappa shape index (κ3) is 4.56. The monoisotopic (exact) mass is 389 g/mol. The molecule has 1 amide bonds. The fraction of sp³-hybridized carbons (Fsp3) is 0.158. The maximum absolute atomic E-state index is 12.3. The summed E-state index contributed by atoms with van der Waals surface area (Å²) in [6.45, 7) is 0.709. The van der Waals surface area contributed by atoms with E-state index < -0.39 is 0 Å². The van der Waals surface area contributed by atoms with Crippen LogP contribution in [0.5, 0.6) is 5.75 Å². The first-order valence-corrected chi connectivity index (χ1v) is 8.70. The van der Waals surface area contributed by atoms with Gasteiger partial charge in [-0.2, -0.15) is 5.10 Å². The highest BCUT2D eigenvalue weighted by Crippen LogP contribution is 2.18. The molecule has 134 valence electrons. The Hall–Kier alpha value is -2.50. The summed E-state index contributed by atoms with van der Waals surface area (Å²) in [5.41, 5.74) is 2.28. The van der Waals surface area contributed by atoms with E-state index in [2.05, 4.69) is 10.4 Å². The molecule has 0 aliphatic carbocycles. The third-order valence-electron chi connectivity index (χ3n) is 3.84. The van der Waals surface area contributed by atoms with Crippen LogP contribution in [0.3, 0.4) is 0 Å². The molecule has 3 rings (SSSR count). The summed E-state index contributed by atoms with van der Waals surface area (Å²) < 4.78 is 7.32. The second kappa shape index (κ2) is 8.25. The molecule has 1 N–H and O–H groups in total. The number of hydrogen-bond acceptors (Lipinski definition) is 3. The minimum Gasteiger partial charge on any atom is -0.489 e. The molecule has 3 aromatic rings. The van der Waals surface area contributed by atoms with Gasteiger partial charge in [0.15, 0.2) is 0 Å². The smallest absolute Gasteiger partial charge is 0.251 e. The summed E-state index contributed by atoms with van der Waals surface area (Å²) in [7, 11) is 1.78. The number of ether oxygens (including phenoxy) is 1. The third-order valence-corrected chi connectivity index (χ3v) is 4.40. The van der Waals surface area contributed by atoms with E-state index in [0.29, 0.717) is 34.5 Å². The van der Waals surface area contributed by atoms with Crippen LogP contribution in [-0.4, -0.2) is 15.7 Å². The van der Waals surface area contributed by atoms with Gasteiger partial charge in [0.05, 0.1) is 23.5 Å². The van der Waals surface area contributed by atoms with Crippen molar-refractivity contribution in [2.75, 3.05) is 0 Å². The van der Waals surface area contributed by atoms with Crippen molar-refractivity contribution in [3.05, 3.63) is 81.6 Å². The summed E-state index contributed by atoms with van der Waals surface area (Å²) in [4.78, 5) is 12.3. The molecule has 26 heavy (non-hydrogen) atoms. The lowest BCUT2D eigenvalue weighted by Crippen LogP contribution is -2.24. The van der Waals surface area contributed by atoms with Crippen LogP contribution in [0.15, 0.2) is 54.7 Å². The first-order chi connectivity index (χ1) is 12.5. The van der Waals surface area contributed by atoms with Gasteiger partial charge < -0.3 is 10.1 Å². The molecule has 7 heteroatoms. The molecule has 2 aromatic carbocycles. The fourth-order valence-corrected chi connectivity index (χ4v) is 2.79. The second-order valence-corrected chi connectivity index (χ2v) is 6.53. The number of carbonyl (C=O) groups is 1. The van der Waals surface area contributed by atoms with E-state index in [9.17, 15) is 4.79 Å². The number of hydrogen-bond donors (Lipinski definition) is 1. The number of benzene rings is 2. The number of aromatic nitrogens is 2. The Kier molecular flexibility index (Phi) is 5.81. The van der Waals surface area contributed by atoms with E-state index in [4.69, 9.17) is 27.9 Å². The molecule has 0 atom stereocenters. The lowest BCUT2D eigenvalue weighted by atomic mass is 10.1. The van der Waals surface area contributed by atoms with Crippen molar-refractivity contribution in [2.45, 2.75) is 13.2 Å². The Bertz CT molecular complexity index is 888. The van der Waals surface area contributed by atoms with E-state index >= 15 is 0 Å². The Labute approximate surface area is 161 Å². The molecular formula is C19H17Cl2N3O2. The van der Waals surface area contributed by atoms with Crippen LogP contribution >= 0.6 is 23.2 Å². The summed E-state index contributed by atoms with van der Waals surface area (Å²) >= 11 is 12.0. The number of amides is 1. The molecule has 0 radical (unpaired) electrons. The highest BCUT2D eigenvalue weighted by Gasteiger charge is 2.10. The number of carbonyl (C=O) groups excluding carboxylic acids is 1. The van der Waals surface area contributed by atoms with Crippen molar-refractivity contribution in [1.29, 1.82) is 0 Å². The van der Waals surface area contributed by atoms with Gasteiger partial charge in [0.1, 0.15) is 12.4 Å². The summed E-state index contributed by atoms with van der Waals surface area (Å²) in [5, 5.41) is 8.03. The van der Waals surface area contributed by atoms with Crippen molar-refractivity contribution >= 4 is 29.1 Å². The van der Waals surface area contributed by atoms with E-state index in [1.807, 2.05) is 24.3 Å². The van der Waals surface area contributed by atoms with Crippen LogP contribution in [0.1, 0.15) is 21.6 Å². The second-order valence-electron chi connectivity index (χ2n) is 5.69. The largest absolute Gasteiger partial charge is 0.489 e. The minimum absolute atomic E-state index is 0.176. The predicted octanol–water partition coefficient (Wildman–Crippen LogP) is 4.24. The Morgan fingerprint density at radius 1 is 1.19 bits per heavy atom. The lowest BCUT2D eigenvalue weighted by Gasteiger charge is -2.09. The highest BCUT2D eigenvalue weighted by molar-refractivity contribution is 6.31. The molecule has 0 fully saturated rings. The summed E-state index contributed by atoms with van der Waals surface area (Å²) in [6, 6.07) is 14.5. The zero-order valence-corrected chi connectivity index (χ0v) is 15.6. The van der Waals surface area contributed by atoms with Crippen molar-refractivity contribution in [3.8, 4) is 5.75 Å². The number of nitrogens with zero attached hydrogens (tertiary/aromatic N) is 2. The first-order valence-electron chi connectivity index (χ1n) is 7.95. The summed E-state index contributed by atoms with van der Waals surface area (Å²) in [5.74, 6) is 0.525. The maximum atomic E-state index is 12.3. The average Bonchev–Trinajstić information content (AvgIpc) is 2.96. The van der Waals surface area contributed by atoms with Crippen LogP contribution in [0.25, 0.3) is 0 Å². The number of rotatable bonds is 6. The van der Waals surface area contributed by atoms with Crippen molar-refractivity contribution in [1.82, 2.24) is 15.1 Å². The predicted molar refractivity (Wildman–Crippen MR) is 102 cm³/mol. The highest BCUT2D eigenvalue weighted by atomic mass is 35.5. The quantitative estimate of drug-likeness (QED) is 0.685. The SMILES string of the molecule is Cn1ncc(Cl)c1CNC(=O)c1ccc(COc2cccc(Cl)c2)cc1. The van der Waals surface area contributed by atoms with Gasteiger partial charge in [-0.15, -0.1) is 0 Å². The maximum Gasteiger partial charge on any atom is 0.251 e. The molecule has 0 bridgehead atoms. The molecule has 0 spiro atoms. The van der Waals surface area contributed by atoms with Gasteiger partial charge in [-0.3, -0.25) is 9.48 Å². The van der Waals surface area contributed by atoms with Gasteiger partial charge in [0.2, 0.25) is 0 Å². The van der Waals surface area contributed by atoms with Gasteiger partial charge in [-0.25, -0.2) is 0 Å². The molecule has 0 aliphatic rings. The van der Waals surface area contributed by atoms with E-state index in [1.54, 1.807) is 42.2 Å².